The molecular formula is C13H28N2. The molecule has 4 unspecified atom stereocenters. The summed E-state index contributed by atoms with van der Waals surface area (Å²) in [7, 11) is 0. The summed E-state index contributed by atoms with van der Waals surface area (Å²) in [6, 6.07) is 1.15. The van der Waals surface area contributed by atoms with Crippen LogP contribution in [0.25, 0.3) is 0 Å². The molecule has 90 valence electrons. The summed E-state index contributed by atoms with van der Waals surface area (Å²) in [4.78, 5) is 0. The van der Waals surface area contributed by atoms with E-state index >= 15 is 0 Å². The molecule has 2 heteroatoms. The average Bonchev–Trinajstić information content (AvgIpc) is 2.25. The van der Waals surface area contributed by atoms with E-state index in [2.05, 4.69) is 26.1 Å². The van der Waals surface area contributed by atoms with Crippen LogP contribution in [0.15, 0.2) is 0 Å². The standard InChI is InChI=1S/C13H28N2/c1-4-11(3)15-13(9-14)12-7-5-6-10(2)8-12/h10-13,15H,4-9,14H2,1-3H3. The molecule has 1 saturated carbocycles. The minimum Gasteiger partial charge on any atom is -0.329 e. The molecular weight excluding hydrogens is 184 g/mol. The van der Waals surface area contributed by atoms with Crippen molar-refractivity contribution >= 4 is 0 Å². The summed E-state index contributed by atoms with van der Waals surface area (Å²) >= 11 is 0. The molecule has 0 aromatic carbocycles. The van der Waals surface area contributed by atoms with Crippen molar-refractivity contribution in [1.82, 2.24) is 5.32 Å². The van der Waals surface area contributed by atoms with Gasteiger partial charge in [0.25, 0.3) is 0 Å². The van der Waals surface area contributed by atoms with Gasteiger partial charge in [0, 0.05) is 18.6 Å². The van der Waals surface area contributed by atoms with E-state index in [0.717, 1.165) is 18.4 Å². The first-order chi connectivity index (χ1) is 7.17. The van der Waals surface area contributed by atoms with Gasteiger partial charge in [-0.3, -0.25) is 0 Å². The largest absolute Gasteiger partial charge is 0.329 e. The summed E-state index contributed by atoms with van der Waals surface area (Å²) in [5.74, 6) is 1.71. The lowest BCUT2D eigenvalue weighted by atomic mass is 9.78. The zero-order chi connectivity index (χ0) is 11.3. The first-order valence-corrected chi connectivity index (χ1v) is 6.63. The second-order valence-electron chi connectivity index (χ2n) is 5.35. The maximum Gasteiger partial charge on any atom is 0.0221 e. The predicted molar refractivity (Wildman–Crippen MR) is 66.9 cm³/mol. The molecule has 0 aliphatic heterocycles. The SMILES string of the molecule is CCC(C)NC(CN)C1CCCC(C)C1. The highest BCUT2D eigenvalue weighted by atomic mass is 15.0. The van der Waals surface area contributed by atoms with Crippen LogP contribution in [0.4, 0.5) is 0 Å². The average molecular weight is 212 g/mol. The first-order valence-electron chi connectivity index (χ1n) is 6.63. The molecule has 0 bridgehead atoms. The molecule has 1 aliphatic rings. The minimum absolute atomic E-state index is 0.544. The highest BCUT2D eigenvalue weighted by Gasteiger charge is 2.26. The first kappa shape index (κ1) is 13.0. The Hall–Kier alpha value is -0.0800. The highest BCUT2D eigenvalue weighted by molar-refractivity contribution is 4.83. The van der Waals surface area contributed by atoms with Crippen molar-refractivity contribution in [2.45, 2.75) is 65.0 Å². The molecule has 0 spiro atoms. The van der Waals surface area contributed by atoms with Crippen molar-refractivity contribution in [2.75, 3.05) is 6.54 Å². The summed E-state index contributed by atoms with van der Waals surface area (Å²) in [5, 5.41) is 3.68. The molecule has 15 heavy (non-hydrogen) atoms. The van der Waals surface area contributed by atoms with Gasteiger partial charge < -0.3 is 11.1 Å². The fourth-order valence-electron chi connectivity index (χ4n) is 2.73. The van der Waals surface area contributed by atoms with Crippen molar-refractivity contribution in [3.05, 3.63) is 0 Å². The molecule has 3 N–H and O–H groups in total. The summed E-state index contributed by atoms with van der Waals surface area (Å²) < 4.78 is 0. The monoisotopic (exact) mass is 212 g/mol. The van der Waals surface area contributed by atoms with Crippen molar-refractivity contribution in [2.24, 2.45) is 17.6 Å². The van der Waals surface area contributed by atoms with E-state index in [4.69, 9.17) is 5.73 Å². The number of nitrogens with one attached hydrogen (secondary N) is 1. The zero-order valence-electron chi connectivity index (χ0n) is 10.6. The summed E-state index contributed by atoms with van der Waals surface area (Å²) in [6.07, 6.45) is 6.74. The van der Waals surface area contributed by atoms with Crippen LogP contribution in [0.3, 0.4) is 0 Å². The van der Waals surface area contributed by atoms with E-state index in [1.165, 1.54) is 32.1 Å². The molecule has 0 aromatic rings. The fourth-order valence-corrected chi connectivity index (χ4v) is 2.73. The third kappa shape index (κ3) is 4.12. The molecule has 0 radical (unpaired) electrons. The van der Waals surface area contributed by atoms with E-state index in [1.54, 1.807) is 0 Å². The van der Waals surface area contributed by atoms with E-state index < -0.39 is 0 Å². The number of hydrogen-bond acceptors (Lipinski definition) is 2. The third-order valence-electron chi connectivity index (χ3n) is 3.91. The van der Waals surface area contributed by atoms with Gasteiger partial charge in [0.05, 0.1) is 0 Å². The maximum absolute atomic E-state index is 5.89. The van der Waals surface area contributed by atoms with E-state index in [0.29, 0.717) is 12.1 Å². The van der Waals surface area contributed by atoms with Gasteiger partial charge in [0.1, 0.15) is 0 Å². The van der Waals surface area contributed by atoms with Crippen molar-refractivity contribution in [1.29, 1.82) is 0 Å². The zero-order valence-corrected chi connectivity index (χ0v) is 10.6. The normalized spacial score (nSPS) is 31.2. The molecule has 0 aromatic heterocycles. The van der Waals surface area contributed by atoms with Crippen molar-refractivity contribution < 1.29 is 0 Å². The molecule has 1 fully saturated rings. The van der Waals surface area contributed by atoms with Crippen molar-refractivity contribution in [3.63, 3.8) is 0 Å². The van der Waals surface area contributed by atoms with E-state index in [1.807, 2.05) is 0 Å². The number of rotatable bonds is 5. The lowest BCUT2D eigenvalue weighted by Crippen LogP contribution is -2.47. The van der Waals surface area contributed by atoms with Crippen LogP contribution in [-0.4, -0.2) is 18.6 Å². The van der Waals surface area contributed by atoms with Crippen LogP contribution < -0.4 is 11.1 Å². The topological polar surface area (TPSA) is 38.0 Å². The smallest absolute Gasteiger partial charge is 0.0221 e. The van der Waals surface area contributed by atoms with Gasteiger partial charge >= 0.3 is 0 Å². The Labute approximate surface area is 95.0 Å². The van der Waals surface area contributed by atoms with Gasteiger partial charge in [-0.25, -0.2) is 0 Å². The fraction of sp³-hybridized carbons (Fsp3) is 1.00. The number of nitrogens with two attached hydrogens (primary N) is 1. The van der Waals surface area contributed by atoms with Crippen LogP contribution in [0.1, 0.15) is 52.9 Å². The molecule has 1 aliphatic carbocycles. The van der Waals surface area contributed by atoms with Crippen LogP contribution in [0.2, 0.25) is 0 Å². The molecule has 0 saturated heterocycles. The van der Waals surface area contributed by atoms with Crippen LogP contribution in [0.5, 0.6) is 0 Å². The van der Waals surface area contributed by atoms with Gasteiger partial charge in [-0.1, -0.05) is 26.7 Å². The Kier molecular flexibility index (Phi) is 5.62. The Morgan fingerprint density at radius 2 is 2.13 bits per heavy atom. The lowest BCUT2D eigenvalue weighted by molar-refractivity contribution is 0.215. The second-order valence-corrected chi connectivity index (χ2v) is 5.35. The van der Waals surface area contributed by atoms with Crippen molar-refractivity contribution in [3.8, 4) is 0 Å². The van der Waals surface area contributed by atoms with Gasteiger partial charge in [0.15, 0.2) is 0 Å². The quantitative estimate of drug-likeness (QED) is 0.735. The Morgan fingerprint density at radius 3 is 2.67 bits per heavy atom. The Morgan fingerprint density at radius 1 is 1.40 bits per heavy atom. The van der Waals surface area contributed by atoms with Gasteiger partial charge in [-0.15, -0.1) is 0 Å². The molecule has 1 rings (SSSR count). The summed E-state index contributed by atoms with van der Waals surface area (Å²) in [5.41, 5.74) is 5.89. The van der Waals surface area contributed by atoms with Crippen LogP contribution in [-0.2, 0) is 0 Å². The van der Waals surface area contributed by atoms with Gasteiger partial charge in [-0.05, 0) is 38.0 Å². The minimum atomic E-state index is 0.544. The molecule has 0 heterocycles. The van der Waals surface area contributed by atoms with E-state index in [-0.39, 0.29) is 0 Å². The van der Waals surface area contributed by atoms with Crippen LogP contribution >= 0.6 is 0 Å². The van der Waals surface area contributed by atoms with Gasteiger partial charge in [-0.2, -0.15) is 0 Å². The van der Waals surface area contributed by atoms with Gasteiger partial charge in [0.2, 0.25) is 0 Å². The second kappa shape index (κ2) is 6.49. The molecule has 0 amide bonds. The van der Waals surface area contributed by atoms with E-state index in [9.17, 15) is 0 Å². The Bertz CT molecular complexity index is 170. The Balaban J connectivity index is 2.42. The van der Waals surface area contributed by atoms with Crippen LogP contribution in [0, 0.1) is 11.8 Å². The predicted octanol–water partition coefficient (Wildman–Crippen LogP) is 2.53. The molecule has 4 atom stereocenters. The maximum atomic E-state index is 5.89. The molecule has 2 nitrogen and oxygen atoms in total. The number of hydrogen-bond donors (Lipinski definition) is 2. The third-order valence-corrected chi connectivity index (χ3v) is 3.91. The highest BCUT2D eigenvalue weighted by Crippen LogP contribution is 2.30. The lowest BCUT2D eigenvalue weighted by Gasteiger charge is -2.34. The summed E-state index contributed by atoms with van der Waals surface area (Å²) in [6.45, 7) is 7.66.